The fourth-order valence-electron chi connectivity index (χ4n) is 1.85. The fourth-order valence-corrected chi connectivity index (χ4v) is 2.09. The summed E-state index contributed by atoms with van der Waals surface area (Å²) in [7, 11) is 0. The van der Waals surface area contributed by atoms with Crippen molar-refractivity contribution in [2.45, 2.75) is 39.8 Å². The lowest BCUT2D eigenvalue weighted by atomic mass is 10.1. The zero-order chi connectivity index (χ0) is 13.8. The van der Waals surface area contributed by atoms with Gasteiger partial charge >= 0.3 is 0 Å². The first-order valence-corrected chi connectivity index (χ1v) is 7.48. The Morgan fingerprint density at radius 3 is 2.65 bits per heavy atom. The van der Waals surface area contributed by atoms with Gasteiger partial charge in [-0.15, -0.1) is 12.4 Å². The van der Waals surface area contributed by atoms with Gasteiger partial charge < -0.3 is 9.73 Å². The molecular formula is C16H21BrClNO. The second-order valence-corrected chi connectivity index (χ2v) is 5.77. The van der Waals surface area contributed by atoms with E-state index in [1.165, 1.54) is 5.56 Å². The third-order valence-corrected chi connectivity index (χ3v) is 4.23. The van der Waals surface area contributed by atoms with E-state index in [0.29, 0.717) is 6.04 Å². The minimum absolute atomic E-state index is 0. The lowest BCUT2D eigenvalue weighted by Crippen LogP contribution is -2.24. The summed E-state index contributed by atoms with van der Waals surface area (Å²) in [5, 5.41) is 3.43. The van der Waals surface area contributed by atoms with Crippen LogP contribution >= 0.6 is 28.3 Å². The van der Waals surface area contributed by atoms with Crippen molar-refractivity contribution < 1.29 is 4.42 Å². The maximum Gasteiger partial charge on any atom is 0.134 e. The van der Waals surface area contributed by atoms with Crippen molar-refractivity contribution >= 4 is 28.3 Å². The number of nitrogens with one attached hydrogen (secondary N) is 1. The summed E-state index contributed by atoms with van der Waals surface area (Å²) in [5.74, 6) is 1.91. The molecule has 0 bridgehead atoms. The first kappa shape index (κ1) is 17.3. The Morgan fingerprint density at radius 2 is 2.00 bits per heavy atom. The van der Waals surface area contributed by atoms with Crippen LogP contribution in [0.2, 0.25) is 0 Å². The summed E-state index contributed by atoms with van der Waals surface area (Å²) < 4.78 is 7.01. The van der Waals surface area contributed by atoms with E-state index >= 15 is 0 Å². The number of benzene rings is 1. The van der Waals surface area contributed by atoms with Crippen LogP contribution in [0.15, 0.2) is 39.2 Å². The largest absolute Gasteiger partial charge is 0.460 e. The monoisotopic (exact) mass is 357 g/mol. The van der Waals surface area contributed by atoms with Gasteiger partial charge in [-0.3, -0.25) is 0 Å². The minimum Gasteiger partial charge on any atom is -0.460 e. The maximum absolute atomic E-state index is 5.88. The second-order valence-electron chi connectivity index (χ2n) is 4.92. The first-order valence-electron chi connectivity index (χ1n) is 6.68. The molecule has 1 unspecified atom stereocenters. The van der Waals surface area contributed by atoms with Gasteiger partial charge in [0, 0.05) is 16.1 Å². The molecule has 20 heavy (non-hydrogen) atoms. The molecule has 0 saturated heterocycles. The Balaban J connectivity index is 0.00000200. The van der Waals surface area contributed by atoms with Gasteiger partial charge in [-0.25, -0.2) is 0 Å². The Morgan fingerprint density at radius 1 is 1.25 bits per heavy atom. The summed E-state index contributed by atoms with van der Waals surface area (Å²) in [5.41, 5.74) is 2.34. The van der Waals surface area contributed by atoms with Gasteiger partial charge in [0.25, 0.3) is 0 Å². The van der Waals surface area contributed by atoms with Crippen LogP contribution < -0.4 is 5.32 Å². The van der Waals surface area contributed by atoms with Crippen LogP contribution in [0.5, 0.6) is 0 Å². The molecule has 1 N–H and O–H groups in total. The van der Waals surface area contributed by atoms with Gasteiger partial charge in [-0.1, -0.05) is 28.9 Å². The predicted octanol–water partition coefficient (Wildman–Crippen LogP) is 5.33. The molecule has 110 valence electrons. The molecule has 2 nitrogen and oxygen atoms in total. The van der Waals surface area contributed by atoms with Crippen LogP contribution in [-0.4, -0.2) is 6.04 Å². The van der Waals surface area contributed by atoms with Crippen molar-refractivity contribution in [2.75, 3.05) is 0 Å². The van der Waals surface area contributed by atoms with Crippen molar-refractivity contribution in [3.63, 3.8) is 0 Å². The Hall–Kier alpha value is -0.770. The third-order valence-electron chi connectivity index (χ3n) is 3.34. The predicted molar refractivity (Wildman–Crippen MR) is 90.4 cm³/mol. The zero-order valence-corrected chi connectivity index (χ0v) is 14.5. The summed E-state index contributed by atoms with van der Waals surface area (Å²) >= 11 is 3.52. The third kappa shape index (κ3) is 4.37. The summed E-state index contributed by atoms with van der Waals surface area (Å²) in [6.07, 6.45) is 1.12. The van der Waals surface area contributed by atoms with Crippen LogP contribution in [0.3, 0.4) is 0 Å². The number of rotatable bonds is 5. The molecule has 0 saturated carbocycles. The molecule has 0 fully saturated rings. The van der Waals surface area contributed by atoms with Crippen molar-refractivity contribution in [3.8, 4) is 11.3 Å². The van der Waals surface area contributed by atoms with Crippen LogP contribution in [0.1, 0.15) is 31.6 Å². The van der Waals surface area contributed by atoms with Crippen LogP contribution in [-0.2, 0) is 6.54 Å². The normalized spacial score (nSPS) is 12.0. The average molecular weight is 359 g/mol. The highest BCUT2D eigenvalue weighted by atomic mass is 79.9. The van der Waals surface area contributed by atoms with E-state index in [4.69, 9.17) is 4.42 Å². The molecule has 0 aliphatic rings. The summed E-state index contributed by atoms with van der Waals surface area (Å²) in [6, 6.07) is 10.9. The maximum atomic E-state index is 5.88. The van der Waals surface area contributed by atoms with Gasteiger partial charge in [0.1, 0.15) is 11.5 Å². The number of furan rings is 1. The van der Waals surface area contributed by atoms with E-state index < -0.39 is 0 Å². The molecule has 0 amide bonds. The zero-order valence-electron chi connectivity index (χ0n) is 12.1. The summed E-state index contributed by atoms with van der Waals surface area (Å²) in [6.45, 7) is 7.23. The molecule has 2 rings (SSSR count). The first-order chi connectivity index (χ1) is 9.10. The number of halogens is 2. The van der Waals surface area contributed by atoms with E-state index in [1.54, 1.807) is 0 Å². The average Bonchev–Trinajstić information content (AvgIpc) is 2.88. The van der Waals surface area contributed by atoms with Crippen molar-refractivity contribution in [2.24, 2.45) is 0 Å². The van der Waals surface area contributed by atoms with Gasteiger partial charge in [0.15, 0.2) is 0 Å². The van der Waals surface area contributed by atoms with Gasteiger partial charge in [0.2, 0.25) is 0 Å². The fraction of sp³-hybridized carbons (Fsp3) is 0.375. The SMILES string of the molecule is CCC(C)NCc1ccc(-c2ccc(Br)c(C)c2)o1.Cl. The molecular weight excluding hydrogens is 338 g/mol. The number of hydrogen-bond acceptors (Lipinski definition) is 2. The Kier molecular flexibility index (Phi) is 6.80. The molecule has 4 heteroatoms. The molecule has 1 heterocycles. The molecule has 1 aromatic heterocycles. The van der Waals surface area contributed by atoms with Gasteiger partial charge in [-0.2, -0.15) is 0 Å². The standard InChI is InChI=1S/C16H20BrNO.ClH/c1-4-12(3)18-10-14-6-8-16(19-14)13-5-7-15(17)11(2)9-13;/h5-9,12,18H,4,10H2,1-3H3;1H. The minimum atomic E-state index is 0. The van der Waals surface area contributed by atoms with Crippen LogP contribution in [0, 0.1) is 6.92 Å². The van der Waals surface area contributed by atoms with Gasteiger partial charge in [-0.05, 0) is 50.1 Å². The quantitative estimate of drug-likeness (QED) is 0.781. The number of hydrogen-bond donors (Lipinski definition) is 1. The topological polar surface area (TPSA) is 25.2 Å². The Bertz CT molecular complexity index is 553. The van der Waals surface area contributed by atoms with Crippen molar-refractivity contribution in [3.05, 3.63) is 46.1 Å². The molecule has 0 radical (unpaired) electrons. The van der Waals surface area contributed by atoms with E-state index in [1.807, 2.05) is 12.1 Å². The van der Waals surface area contributed by atoms with E-state index in [9.17, 15) is 0 Å². The lowest BCUT2D eigenvalue weighted by Gasteiger charge is -2.09. The second kappa shape index (κ2) is 7.87. The van der Waals surface area contributed by atoms with Crippen LogP contribution in [0.4, 0.5) is 0 Å². The molecule has 1 atom stereocenters. The molecule has 1 aromatic carbocycles. The number of aryl methyl sites for hydroxylation is 1. The Labute approximate surface area is 135 Å². The van der Waals surface area contributed by atoms with E-state index in [2.05, 4.69) is 60.2 Å². The molecule has 0 aliphatic carbocycles. The molecule has 2 aromatic rings. The highest BCUT2D eigenvalue weighted by Crippen LogP contribution is 2.26. The highest BCUT2D eigenvalue weighted by molar-refractivity contribution is 9.10. The summed E-state index contributed by atoms with van der Waals surface area (Å²) in [4.78, 5) is 0. The van der Waals surface area contributed by atoms with E-state index in [-0.39, 0.29) is 12.4 Å². The smallest absolute Gasteiger partial charge is 0.134 e. The van der Waals surface area contributed by atoms with E-state index in [0.717, 1.165) is 34.5 Å². The highest BCUT2D eigenvalue weighted by Gasteiger charge is 2.07. The van der Waals surface area contributed by atoms with Crippen molar-refractivity contribution in [1.29, 1.82) is 0 Å². The molecule has 0 spiro atoms. The molecule has 0 aliphatic heterocycles. The van der Waals surface area contributed by atoms with Gasteiger partial charge in [0.05, 0.1) is 6.54 Å². The van der Waals surface area contributed by atoms with Crippen LogP contribution in [0.25, 0.3) is 11.3 Å². The lowest BCUT2D eigenvalue weighted by molar-refractivity contribution is 0.457. The van der Waals surface area contributed by atoms with Crippen molar-refractivity contribution in [1.82, 2.24) is 5.32 Å².